The molecule has 0 aliphatic heterocycles. The summed E-state index contributed by atoms with van der Waals surface area (Å²) < 4.78 is 10.2. The first-order valence-electron chi connectivity index (χ1n) is 7.99. The third-order valence-electron chi connectivity index (χ3n) is 3.70. The molecule has 1 fully saturated rings. The van der Waals surface area contributed by atoms with E-state index in [9.17, 15) is 14.4 Å². The molecule has 0 radical (unpaired) electrons. The first-order valence-corrected chi connectivity index (χ1v) is 7.99. The highest BCUT2D eigenvalue weighted by Crippen LogP contribution is 2.19. The summed E-state index contributed by atoms with van der Waals surface area (Å²) in [4.78, 5) is 35.7. The lowest BCUT2D eigenvalue weighted by molar-refractivity contribution is -0.129. The number of benzene rings is 1. The Kier molecular flexibility index (Phi) is 4.83. The van der Waals surface area contributed by atoms with Gasteiger partial charge in [0.25, 0.3) is 11.8 Å². The summed E-state index contributed by atoms with van der Waals surface area (Å²) in [5.74, 6) is -1.08. The van der Waals surface area contributed by atoms with Crippen LogP contribution in [0.4, 0.5) is 5.69 Å². The van der Waals surface area contributed by atoms with E-state index in [0.717, 1.165) is 12.8 Å². The molecule has 0 bridgehead atoms. The van der Waals surface area contributed by atoms with Crippen LogP contribution >= 0.6 is 0 Å². The predicted molar refractivity (Wildman–Crippen MR) is 89.1 cm³/mol. The van der Waals surface area contributed by atoms with E-state index in [1.807, 2.05) is 0 Å². The van der Waals surface area contributed by atoms with Gasteiger partial charge in [-0.05, 0) is 56.2 Å². The maximum Gasteiger partial charge on any atom is 0.338 e. The Hall–Kier alpha value is -3.09. The first kappa shape index (κ1) is 16.8. The monoisotopic (exact) mass is 342 g/mol. The van der Waals surface area contributed by atoms with Gasteiger partial charge in [-0.25, -0.2) is 4.79 Å². The zero-order chi connectivity index (χ0) is 17.8. The molecule has 25 heavy (non-hydrogen) atoms. The van der Waals surface area contributed by atoms with E-state index in [1.54, 1.807) is 24.3 Å². The molecule has 1 aromatic heterocycles. The molecule has 3 rings (SSSR count). The van der Waals surface area contributed by atoms with Gasteiger partial charge in [0.2, 0.25) is 0 Å². The highest BCUT2D eigenvalue weighted by Gasteiger charge is 2.27. The Bertz CT molecular complexity index is 763. The number of esters is 1. The normalized spacial score (nSPS) is 14.4. The van der Waals surface area contributed by atoms with Crippen LogP contribution in [0.25, 0.3) is 0 Å². The van der Waals surface area contributed by atoms with E-state index in [4.69, 9.17) is 9.15 Å². The highest BCUT2D eigenvalue weighted by atomic mass is 16.5. The van der Waals surface area contributed by atoms with Crippen molar-refractivity contribution < 1.29 is 23.5 Å². The van der Waals surface area contributed by atoms with Gasteiger partial charge in [0.1, 0.15) is 0 Å². The number of anilines is 1. The summed E-state index contributed by atoms with van der Waals surface area (Å²) in [5, 5.41) is 5.43. The molecular formula is C18H18N2O5. The van der Waals surface area contributed by atoms with E-state index >= 15 is 0 Å². The molecular weight excluding hydrogens is 324 g/mol. The fraction of sp³-hybridized carbons (Fsp3) is 0.278. The number of nitrogens with one attached hydrogen (secondary N) is 2. The number of ether oxygens (including phenoxy) is 1. The van der Waals surface area contributed by atoms with E-state index in [-0.39, 0.29) is 23.6 Å². The zero-order valence-corrected chi connectivity index (χ0v) is 13.7. The molecule has 1 saturated carbocycles. The Morgan fingerprint density at radius 1 is 1.16 bits per heavy atom. The van der Waals surface area contributed by atoms with Gasteiger partial charge in [-0.3, -0.25) is 9.59 Å². The first-order chi connectivity index (χ1) is 12.0. The zero-order valence-electron chi connectivity index (χ0n) is 13.7. The number of hydrogen-bond acceptors (Lipinski definition) is 5. The Labute approximate surface area is 144 Å². The lowest BCUT2D eigenvalue weighted by atomic mass is 10.2. The van der Waals surface area contributed by atoms with E-state index in [2.05, 4.69) is 10.6 Å². The molecule has 2 amide bonds. The van der Waals surface area contributed by atoms with Crippen LogP contribution in [0, 0.1) is 0 Å². The number of carbonyl (C=O) groups is 3. The summed E-state index contributed by atoms with van der Waals surface area (Å²) >= 11 is 0. The Balaban J connectivity index is 1.54. The summed E-state index contributed by atoms with van der Waals surface area (Å²) in [6.45, 7) is 1.54. The minimum absolute atomic E-state index is 0.194. The van der Waals surface area contributed by atoms with Crippen LogP contribution in [-0.2, 0) is 9.53 Å². The molecule has 1 aliphatic rings. The highest BCUT2D eigenvalue weighted by molar-refractivity contribution is 6.02. The van der Waals surface area contributed by atoms with E-state index < -0.39 is 12.1 Å². The van der Waals surface area contributed by atoms with E-state index in [0.29, 0.717) is 11.3 Å². The third kappa shape index (κ3) is 4.47. The second-order valence-corrected chi connectivity index (χ2v) is 5.84. The van der Waals surface area contributed by atoms with Gasteiger partial charge in [0.05, 0.1) is 11.8 Å². The maximum atomic E-state index is 12.1. The molecule has 2 aromatic rings. The van der Waals surface area contributed by atoms with Crippen molar-refractivity contribution in [1.29, 1.82) is 0 Å². The van der Waals surface area contributed by atoms with Crippen LogP contribution in [-0.4, -0.2) is 29.9 Å². The summed E-state index contributed by atoms with van der Waals surface area (Å²) in [5.41, 5.74) is 0.805. The lowest BCUT2D eigenvalue weighted by Gasteiger charge is -2.13. The SMILES string of the molecule is C[C@H](OC(=O)c1ccc(NC(=O)c2ccco2)cc1)C(=O)NC1CC1. The van der Waals surface area contributed by atoms with Crippen molar-refractivity contribution in [3.63, 3.8) is 0 Å². The van der Waals surface area contributed by atoms with Gasteiger partial charge in [-0.15, -0.1) is 0 Å². The van der Waals surface area contributed by atoms with Gasteiger partial charge in [0.15, 0.2) is 11.9 Å². The number of rotatable bonds is 6. The molecule has 130 valence electrons. The average molecular weight is 342 g/mol. The third-order valence-corrected chi connectivity index (χ3v) is 3.70. The molecule has 0 saturated heterocycles. The smallest absolute Gasteiger partial charge is 0.338 e. The fourth-order valence-electron chi connectivity index (χ4n) is 2.12. The van der Waals surface area contributed by atoms with Crippen molar-refractivity contribution in [2.75, 3.05) is 5.32 Å². The standard InChI is InChI=1S/C18H18N2O5/c1-11(16(21)19-14-8-9-14)25-18(23)12-4-6-13(7-5-12)20-17(22)15-3-2-10-24-15/h2-7,10-11,14H,8-9H2,1H3,(H,19,21)(H,20,22)/t11-/m0/s1. The van der Waals surface area contributed by atoms with Crippen LogP contribution in [0.3, 0.4) is 0 Å². The van der Waals surface area contributed by atoms with Crippen LogP contribution in [0.1, 0.15) is 40.7 Å². The Morgan fingerprint density at radius 2 is 1.88 bits per heavy atom. The molecule has 1 heterocycles. The van der Waals surface area contributed by atoms with Crippen molar-refractivity contribution in [2.45, 2.75) is 31.9 Å². The van der Waals surface area contributed by atoms with Crippen molar-refractivity contribution in [2.24, 2.45) is 0 Å². The molecule has 7 heteroatoms. The summed E-state index contributed by atoms with van der Waals surface area (Å²) in [6.07, 6.45) is 2.50. The van der Waals surface area contributed by atoms with Gasteiger partial charge < -0.3 is 19.8 Å². The molecule has 1 aromatic carbocycles. The van der Waals surface area contributed by atoms with Gasteiger partial charge in [-0.2, -0.15) is 0 Å². The topological polar surface area (TPSA) is 97.6 Å². The van der Waals surface area contributed by atoms with Crippen molar-refractivity contribution in [3.05, 3.63) is 54.0 Å². The second-order valence-electron chi connectivity index (χ2n) is 5.84. The number of furan rings is 1. The van der Waals surface area contributed by atoms with Gasteiger partial charge in [0, 0.05) is 11.7 Å². The quantitative estimate of drug-likeness (QED) is 0.785. The second kappa shape index (κ2) is 7.21. The molecule has 0 spiro atoms. The van der Waals surface area contributed by atoms with Crippen LogP contribution in [0.15, 0.2) is 47.1 Å². The summed E-state index contributed by atoms with van der Waals surface area (Å²) in [6, 6.07) is 9.57. The predicted octanol–water partition coefficient (Wildman–Crippen LogP) is 2.36. The summed E-state index contributed by atoms with van der Waals surface area (Å²) in [7, 11) is 0. The molecule has 0 unspecified atom stereocenters. The lowest BCUT2D eigenvalue weighted by Crippen LogP contribution is -2.37. The fourth-order valence-corrected chi connectivity index (χ4v) is 2.12. The van der Waals surface area contributed by atoms with Crippen molar-refractivity contribution in [1.82, 2.24) is 5.32 Å². The molecule has 1 aliphatic carbocycles. The number of carbonyl (C=O) groups excluding carboxylic acids is 3. The molecule has 7 nitrogen and oxygen atoms in total. The Morgan fingerprint density at radius 3 is 2.48 bits per heavy atom. The average Bonchev–Trinajstić information content (AvgIpc) is 3.24. The van der Waals surface area contributed by atoms with Crippen LogP contribution in [0.2, 0.25) is 0 Å². The minimum atomic E-state index is -0.855. The molecule has 1 atom stereocenters. The molecule has 2 N–H and O–H groups in total. The minimum Gasteiger partial charge on any atom is -0.459 e. The van der Waals surface area contributed by atoms with Crippen LogP contribution < -0.4 is 10.6 Å². The van der Waals surface area contributed by atoms with Crippen molar-refractivity contribution >= 4 is 23.5 Å². The number of amides is 2. The van der Waals surface area contributed by atoms with Crippen molar-refractivity contribution in [3.8, 4) is 0 Å². The maximum absolute atomic E-state index is 12.1. The van der Waals surface area contributed by atoms with Crippen LogP contribution in [0.5, 0.6) is 0 Å². The van der Waals surface area contributed by atoms with Gasteiger partial charge >= 0.3 is 5.97 Å². The largest absolute Gasteiger partial charge is 0.459 e. The number of hydrogen-bond donors (Lipinski definition) is 2. The van der Waals surface area contributed by atoms with E-state index in [1.165, 1.54) is 25.3 Å². The van der Waals surface area contributed by atoms with Gasteiger partial charge in [-0.1, -0.05) is 0 Å².